The predicted octanol–water partition coefficient (Wildman–Crippen LogP) is 2.88. The third-order valence-corrected chi connectivity index (χ3v) is 4.08. The highest BCUT2D eigenvalue weighted by atomic mass is 16.5. The zero-order valence-corrected chi connectivity index (χ0v) is 14.0. The highest BCUT2D eigenvalue weighted by Gasteiger charge is 2.51. The smallest absolute Gasteiger partial charge is 0.329 e. The standard InChI is InChI=1S/C18H25NO4/c1-17(2,3)13-6-8-14(9-7-13)23-12-4-5-15(20)19-18(10-11-18)16(21)22/h6-9H,4-5,10-12H2,1-3H3,(H,19,20)(H,21,22). The van der Waals surface area contributed by atoms with E-state index in [2.05, 4.69) is 26.1 Å². The van der Waals surface area contributed by atoms with Crippen LogP contribution in [0.15, 0.2) is 24.3 Å². The summed E-state index contributed by atoms with van der Waals surface area (Å²) >= 11 is 0. The molecule has 23 heavy (non-hydrogen) atoms. The first-order valence-electron chi connectivity index (χ1n) is 8.01. The number of ether oxygens (including phenoxy) is 1. The summed E-state index contributed by atoms with van der Waals surface area (Å²) in [6, 6.07) is 7.96. The van der Waals surface area contributed by atoms with Crippen molar-refractivity contribution in [2.24, 2.45) is 0 Å². The summed E-state index contributed by atoms with van der Waals surface area (Å²) in [5.41, 5.74) is 0.355. The summed E-state index contributed by atoms with van der Waals surface area (Å²) in [6.45, 7) is 6.91. The number of carboxylic acid groups (broad SMARTS) is 1. The second-order valence-corrected chi connectivity index (χ2v) is 7.16. The number of hydrogen-bond donors (Lipinski definition) is 2. The Morgan fingerprint density at radius 1 is 1.22 bits per heavy atom. The van der Waals surface area contributed by atoms with Gasteiger partial charge in [-0.3, -0.25) is 4.79 Å². The zero-order chi connectivity index (χ0) is 17.1. The second kappa shape index (κ2) is 6.60. The maximum Gasteiger partial charge on any atom is 0.329 e. The average Bonchev–Trinajstić information content (AvgIpc) is 3.24. The van der Waals surface area contributed by atoms with Crippen molar-refractivity contribution in [3.05, 3.63) is 29.8 Å². The van der Waals surface area contributed by atoms with E-state index in [1.807, 2.05) is 24.3 Å². The minimum absolute atomic E-state index is 0.111. The van der Waals surface area contributed by atoms with Crippen LogP contribution in [0.3, 0.4) is 0 Å². The maximum atomic E-state index is 11.7. The van der Waals surface area contributed by atoms with Gasteiger partial charge in [0.05, 0.1) is 6.61 Å². The Morgan fingerprint density at radius 2 is 1.83 bits per heavy atom. The minimum Gasteiger partial charge on any atom is -0.494 e. The van der Waals surface area contributed by atoms with E-state index in [4.69, 9.17) is 9.84 Å². The Hall–Kier alpha value is -2.04. The van der Waals surface area contributed by atoms with E-state index in [0.717, 1.165) is 5.75 Å². The van der Waals surface area contributed by atoms with Gasteiger partial charge < -0.3 is 15.2 Å². The summed E-state index contributed by atoms with van der Waals surface area (Å²) in [5, 5.41) is 11.6. The fraction of sp³-hybridized carbons (Fsp3) is 0.556. The van der Waals surface area contributed by atoms with Crippen molar-refractivity contribution in [3.63, 3.8) is 0 Å². The molecule has 1 aromatic rings. The van der Waals surface area contributed by atoms with Crippen LogP contribution in [0.5, 0.6) is 5.75 Å². The number of amides is 1. The number of carboxylic acids is 1. The molecule has 2 rings (SSSR count). The van der Waals surface area contributed by atoms with E-state index in [-0.39, 0.29) is 17.7 Å². The summed E-state index contributed by atoms with van der Waals surface area (Å²) in [4.78, 5) is 22.7. The predicted molar refractivity (Wildman–Crippen MR) is 87.6 cm³/mol. The topological polar surface area (TPSA) is 75.6 Å². The fourth-order valence-electron chi connectivity index (χ4n) is 2.32. The van der Waals surface area contributed by atoms with E-state index in [0.29, 0.717) is 25.9 Å². The lowest BCUT2D eigenvalue weighted by Crippen LogP contribution is -2.43. The van der Waals surface area contributed by atoms with Crippen molar-refractivity contribution in [3.8, 4) is 5.75 Å². The lowest BCUT2D eigenvalue weighted by atomic mass is 9.87. The highest BCUT2D eigenvalue weighted by Crippen LogP contribution is 2.35. The molecule has 1 saturated carbocycles. The number of carbonyl (C=O) groups excluding carboxylic acids is 1. The molecule has 126 valence electrons. The molecule has 1 aliphatic carbocycles. The third-order valence-electron chi connectivity index (χ3n) is 4.08. The molecule has 0 radical (unpaired) electrons. The van der Waals surface area contributed by atoms with Crippen LogP contribution in [0, 0.1) is 0 Å². The molecule has 0 spiro atoms. The molecule has 0 bridgehead atoms. The van der Waals surface area contributed by atoms with Crippen LogP contribution in [-0.4, -0.2) is 29.1 Å². The van der Waals surface area contributed by atoms with Crippen LogP contribution in [-0.2, 0) is 15.0 Å². The lowest BCUT2D eigenvalue weighted by Gasteiger charge is -2.19. The van der Waals surface area contributed by atoms with E-state index >= 15 is 0 Å². The minimum atomic E-state index is -0.999. The number of hydrogen-bond acceptors (Lipinski definition) is 3. The first kappa shape index (κ1) is 17.3. The molecule has 0 aliphatic heterocycles. The Balaban J connectivity index is 1.69. The summed E-state index contributed by atoms with van der Waals surface area (Å²) in [6.07, 6.45) is 1.87. The molecule has 0 atom stereocenters. The van der Waals surface area contributed by atoms with Gasteiger partial charge in [-0.25, -0.2) is 4.79 Å². The van der Waals surface area contributed by atoms with Gasteiger partial charge in [-0.05, 0) is 42.4 Å². The molecular weight excluding hydrogens is 294 g/mol. The van der Waals surface area contributed by atoms with Crippen molar-refractivity contribution in [1.29, 1.82) is 0 Å². The molecule has 0 unspecified atom stereocenters. The zero-order valence-electron chi connectivity index (χ0n) is 14.0. The Morgan fingerprint density at radius 3 is 2.30 bits per heavy atom. The molecule has 1 aliphatic rings. The first-order valence-corrected chi connectivity index (χ1v) is 8.01. The van der Waals surface area contributed by atoms with Gasteiger partial charge in [0.25, 0.3) is 0 Å². The third kappa shape index (κ3) is 4.71. The number of carbonyl (C=O) groups is 2. The van der Waals surface area contributed by atoms with Crippen LogP contribution in [0.2, 0.25) is 0 Å². The summed E-state index contributed by atoms with van der Waals surface area (Å²) in [5.74, 6) is -0.389. The van der Waals surface area contributed by atoms with Crippen LogP contribution in [0.4, 0.5) is 0 Å². The van der Waals surface area contributed by atoms with Gasteiger partial charge >= 0.3 is 5.97 Å². The van der Waals surface area contributed by atoms with Gasteiger partial charge in [0.2, 0.25) is 5.91 Å². The molecule has 5 heteroatoms. The Bertz CT molecular complexity index is 568. The van der Waals surface area contributed by atoms with Crippen molar-refractivity contribution in [1.82, 2.24) is 5.32 Å². The second-order valence-electron chi connectivity index (χ2n) is 7.16. The van der Waals surface area contributed by atoms with Gasteiger partial charge in [0, 0.05) is 6.42 Å². The quantitative estimate of drug-likeness (QED) is 0.758. The lowest BCUT2D eigenvalue weighted by molar-refractivity contribution is -0.143. The maximum absolute atomic E-state index is 11.7. The number of nitrogens with one attached hydrogen (secondary N) is 1. The van der Waals surface area contributed by atoms with E-state index in [9.17, 15) is 9.59 Å². The van der Waals surface area contributed by atoms with Crippen molar-refractivity contribution < 1.29 is 19.4 Å². The van der Waals surface area contributed by atoms with Crippen LogP contribution in [0.25, 0.3) is 0 Å². The molecule has 0 aromatic heterocycles. The number of benzene rings is 1. The van der Waals surface area contributed by atoms with Crippen LogP contribution >= 0.6 is 0 Å². The van der Waals surface area contributed by atoms with Crippen molar-refractivity contribution in [2.75, 3.05) is 6.61 Å². The van der Waals surface area contributed by atoms with Gasteiger partial charge in [-0.2, -0.15) is 0 Å². The largest absolute Gasteiger partial charge is 0.494 e. The first-order chi connectivity index (χ1) is 10.7. The average molecular weight is 319 g/mol. The van der Waals surface area contributed by atoms with Gasteiger partial charge in [0.15, 0.2) is 0 Å². The molecule has 0 heterocycles. The molecule has 1 aromatic carbocycles. The Labute approximate surface area is 137 Å². The molecule has 0 saturated heterocycles. The van der Waals surface area contributed by atoms with Crippen LogP contribution in [0.1, 0.15) is 52.0 Å². The molecule has 5 nitrogen and oxygen atoms in total. The molecule has 1 fully saturated rings. The molecule has 2 N–H and O–H groups in total. The van der Waals surface area contributed by atoms with Gasteiger partial charge in [-0.1, -0.05) is 32.9 Å². The molecule has 1 amide bonds. The molecular formula is C18H25NO4. The normalized spacial score (nSPS) is 15.8. The highest BCUT2D eigenvalue weighted by molar-refractivity contribution is 5.89. The van der Waals surface area contributed by atoms with Crippen LogP contribution < -0.4 is 10.1 Å². The van der Waals surface area contributed by atoms with Crippen molar-refractivity contribution >= 4 is 11.9 Å². The van der Waals surface area contributed by atoms with E-state index in [1.165, 1.54) is 5.56 Å². The SMILES string of the molecule is CC(C)(C)c1ccc(OCCCC(=O)NC2(C(=O)O)CC2)cc1. The fourth-order valence-corrected chi connectivity index (χ4v) is 2.32. The van der Waals surface area contributed by atoms with E-state index in [1.54, 1.807) is 0 Å². The van der Waals surface area contributed by atoms with E-state index < -0.39 is 11.5 Å². The number of aliphatic carboxylic acids is 1. The summed E-state index contributed by atoms with van der Waals surface area (Å²) in [7, 11) is 0. The monoisotopic (exact) mass is 319 g/mol. The Kier molecular flexibility index (Phi) is 4.97. The van der Waals surface area contributed by atoms with Crippen molar-refractivity contribution in [2.45, 2.75) is 57.4 Å². The number of rotatable bonds is 7. The summed E-state index contributed by atoms with van der Waals surface area (Å²) < 4.78 is 5.62. The van der Waals surface area contributed by atoms with Gasteiger partial charge in [0.1, 0.15) is 11.3 Å². The van der Waals surface area contributed by atoms with Gasteiger partial charge in [-0.15, -0.1) is 0 Å².